The maximum Gasteiger partial charge on any atom is 0.430 e. The predicted molar refractivity (Wildman–Crippen MR) is 127 cm³/mol. The number of carbonyl (C=O) groups is 1. The van der Waals surface area contributed by atoms with E-state index in [0.29, 0.717) is 22.5 Å². The third-order valence-corrected chi connectivity index (χ3v) is 8.75. The van der Waals surface area contributed by atoms with Crippen molar-refractivity contribution in [1.29, 1.82) is 0 Å². The van der Waals surface area contributed by atoms with Crippen LogP contribution in [0.4, 0.5) is 36.4 Å². The molecule has 3 N–H and O–H groups in total. The van der Waals surface area contributed by atoms with Gasteiger partial charge in [0.1, 0.15) is 11.6 Å². The van der Waals surface area contributed by atoms with Gasteiger partial charge in [-0.15, -0.1) is 0 Å². The number of rotatable bonds is 9. The highest BCUT2D eigenvalue weighted by molar-refractivity contribution is 7.92. The van der Waals surface area contributed by atoms with Crippen LogP contribution in [0.25, 0.3) is 0 Å². The molecular weight excluding hydrogens is 575 g/mol. The van der Waals surface area contributed by atoms with Crippen molar-refractivity contribution in [3.8, 4) is 0 Å². The van der Waals surface area contributed by atoms with E-state index >= 15 is 0 Å². The average molecular weight is 602 g/mol. The molecule has 3 atom stereocenters. The summed E-state index contributed by atoms with van der Waals surface area (Å²) in [5.74, 6) is -2.19. The van der Waals surface area contributed by atoms with Crippen LogP contribution in [0.5, 0.6) is 0 Å². The van der Waals surface area contributed by atoms with E-state index in [9.17, 15) is 59.3 Å². The standard InChI is InChI=1S/C25H26F7NO6S/c1-14(35)16(13-34)11-20(36)12-19-6-2-15-10-17(23(37,24(27,28)29)25(30,31)32)3-9-22(15)33(19)40(38,39)21-7-4-18(26)5-8-21/h3-5,7-10,14,16,19,34-35,37H,2,6,11-13H2,1H3/t14-,16+,19-/m0/s1. The molecule has 1 aliphatic rings. The van der Waals surface area contributed by atoms with Gasteiger partial charge in [-0.05, 0) is 55.7 Å². The molecule has 0 aliphatic carbocycles. The lowest BCUT2D eigenvalue weighted by molar-refractivity contribution is -0.376. The monoisotopic (exact) mass is 601 g/mol. The fraction of sp³-hybridized carbons (Fsp3) is 0.480. The molecule has 7 nitrogen and oxygen atoms in total. The number of hydrogen-bond acceptors (Lipinski definition) is 6. The molecule has 0 aromatic heterocycles. The summed E-state index contributed by atoms with van der Waals surface area (Å²) in [5, 5.41) is 28.9. The van der Waals surface area contributed by atoms with Crippen molar-refractivity contribution in [2.75, 3.05) is 10.9 Å². The van der Waals surface area contributed by atoms with Gasteiger partial charge in [-0.3, -0.25) is 9.10 Å². The molecule has 0 saturated carbocycles. The SMILES string of the molecule is C[C@H](O)[C@@H](CO)CC(=O)C[C@@H]1CCc2cc(C(O)(C(F)(F)F)C(F)(F)F)ccc2N1S(=O)(=O)c1ccc(F)cc1. The number of anilines is 1. The topological polar surface area (TPSA) is 115 Å². The van der Waals surface area contributed by atoms with Crippen LogP contribution in [0, 0.1) is 11.7 Å². The van der Waals surface area contributed by atoms with Gasteiger partial charge >= 0.3 is 12.4 Å². The van der Waals surface area contributed by atoms with E-state index in [1.165, 1.54) is 6.92 Å². The Morgan fingerprint density at radius 3 is 2.12 bits per heavy atom. The van der Waals surface area contributed by atoms with E-state index in [2.05, 4.69) is 0 Å². The van der Waals surface area contributed by atoms with E-state index in [4.69, 9.17) is 0 Å². The zero-order valence-corrected chi connectivity index (χ0v) is 21.7. The Morgan fingerprint density at radius 1 is 1.05 bits per heavy atom. The van der Waals surface area contributed by atoms with Crippen LogP contribution in [0.1, 0.15) is 37.3 Å². The lowest BCUT2D eigenvalue weighted by Crippen LogP contribution is -2.54. The maximum atomic E-state index is 13.6. The van der Waals surface area contributed by atoms with Crippen molar-refractivity contribution < 1.29 is 59.3 Å². The van der Waals surface area contributed by atoms with E-state index < -0.39 is 81.1 Å². The van der Waals surface area contributed by atoms with Gasteiger partial charge in [0.2, 0.25) is 0 Å². The fourth-order valence-electron chi connectivity index (χ4n) is 4.61. The summed E-state index contributed by atoms with van der Waals surface area (Å²) < 4.78 is 122. The lowest BCUT2D eigenvalue weighted by atomic mass is 9.86. The Balaban J connectivity index is 2.13. The van der Waals surface area contributed by atoms with E-state index in [0.717, 1.165) is 24.3 Å². The number of Topliss-reactive ketones (excluding diaryl/α,β-unsaturated/α-hetero) is 1. The van der Waals surface area contributed by atoms with Crippen LogP contribution >= 0.6 is 0 Å². The first kappa shape index (κ1) is 31.8. The van der Waals surface area contributed by atoms with E-state index in [1.54, 1.807) is 0 Å². The molecule has 2 aromatic carbocycles. The zero-order chi connectivity index (χ0) is 30.3. The molecule has 0 amide bonds. The number of halogens is 7. The van der Waals surface area contributed by atoms with Gasteiger partial charge in [0.25, 0.3) is 15.6 Å². The first-order valence-corrected chi connectivity index (χ1v) is 13.4. The van der Waals surface area contributed by atoms with Crippen LogP contribution in [0.2, 0.25) is 0 Å². The minimum absolute atomic E-state index is 0.211. The number of fused-ring (bicyclic) bond motifs is 1. The summed E-state index contributed by atoms with van der Waals surface area (Å²) in [7, 11) is -4.63. The van der Waals surface area contributed by atoms with Gasteiger partial charge in [0, 0.05) is 30.9 Å². The molecule has 0 spiro atoms. The first-order chi connectivity index (χ1) is 18.3. The maximum absolute atomic E-state index is 13.6. The molecule has 2 aromatic rings. The number of nitrogens with zero attached hydrogens (tertiary/aromatic N) is 1. The normalized spacial score (nSPS) is 18.3. The molecule has 40 heavy (non-hydrogen) atoms. The average Bonchev–Trinajstić information content (AvgIpc) is 2.84. The summed E-state index contributed by atoms with van der Waals surface area (Å²) >= 11 is 0. The van der Waals surface area contributed by atoms with E-state index in [1.807, 2.05) is 0 Å². The Bertz CT molecular complexity index is 1310. The van der Waals surface area contributed by atoms with Crippen LogP contribution in [-0.4, -0.2) is 60.6 Å². The van der Waals surface area contributed by atoms with Crippen molar-refractivity contribution in [3.63, 3.8) is 0 Å². The van der Waals surface area contributed by atoms with Gasteiger partial charge in [0.15, 0.2) is 0 Å². The first-order valence-electron chi connectivity index (χ1n) is 11.9. The van der Waals surface area contributed by atoms with Gasteiger partial charge < -0.3 is 15.3 Å². The van der Waals surface area contributed by atoms with Crippen molar-refractivity contribution in [2.24, 2.45) is 5.92 Å². The van der Waals surface area contributed by atoms with Gasteiger partial charge in [-0.1, -0.05) is 12.1 Å². The lowest BCUT2D eigenvalue weighted by Gasteiger charge is -2.39. The molecular formula is C25H26F7NO6S. The molecule has 0 radical (unpaired) electrons. The van der Waals surface area contributed by atoms with Crippen molar-refractivity contribution in [1.82, 2.24) is 0 Å². The smallest absolute Gasteiger partial charge is 0.396 e. The number of aryl methyl sites for hydroxylation is 1. The van der Waals surface area contributed by atoms with Crippen LogP contribution in [0.15, 0.2) is 47.4 Å². The summed E-state index contributed by atoms with van der Waals surface area (Å²) in [6, 6.07) is 3.77. The van der Waals surface area contributed by atoms with Crippen LogP contribution in [0.3, 0.4) is 0 Å². The second-order valence-corrected chi connectivity index (χ2v) is 11.4. The van der Waals surface area contributed by atoms with Crippen molar-refractivity contribution in [2.45, 2.75) is 67.6 Å². The second kappa shape index (κ2) is 11.3. The third kappa shape index (κ3) is 5.97. The molecule has 0 bridgehead atoms. The number of ketones is 1. The summed E-state index contributed by atoms with van der Waals surface area (Å²) in [6.07, 6.45) is -14.6. The van der Waals surface area contributed by atoms with Crippen LogP contribution < -0.4 is 4.31 Å². The quantitative estimate of drug-likeness (QED) is 0.375. The predicted octanol–water partition coefficient (Wildman–Crippen LogP) is 3.99. The van der Waals surface area contributed by atoms with Gasteiger partial charge in [-0.2, -0.15) is 26.3 Å². The number of carbonyl (C=O) groups excluding carboxylic acids is 1. The highest BCUT2D eigenvalue weighted by Gasteiger charge is 2.71. The molecule has 222 valence electrons. The molecule has 0 unspecified atom stereocenters. The third-order valence-electron chi connectivity index (χ3n) is 6.87. The number of hydrogen-bond donors (Lipinski definition) is 3. The molecule has 15 heteroatoms. The number of sulfonamides is 1. The highest BCUT2D eigenvalue weighted by atomic mass is 32.2. The molecule has 0 saturated heterocycles. The fourth-order valence-corrected chi connectivity index (χ4v) is 6.32. The second-order valence-electron chi connectivity index (χ2n) is 9.63. The largest absolute Gasteiger partial charge is 0.430 e. The summed E-state index contributed by atoms with van der Waals surface area (Å²) in [6.45, 7) is 0.801. The highest BCUT2D eigenvalue weighted by Crippen LogP contribution is 2.51. The molecule has 1 heterocycles. The number of aliphatic hydroxyl groups is 3. The zero-order valence-electron chi connectivity index (χ0n) is 20.9. The van der Waals surface area contributed by atoms with Crippen LogP contribution in [-0.2, 0) is 26.8 Å². The van der Waals surface area contributed by atoms with Gasteiger partial charge in [0.05, 0.1) is 22.7 Å². The Kier molecular flexibility index (Phi) is 8.94. The van der Waals surface area contributed by atoms with E-state index in [-0.39, 0.29) is 30.5 Å². The molecule has 1 aliphatic heterocycles. The summed E-state index contributed by atoms with van der Waals surface area (Å²) in [4.78, 5) is 12.3. The number of alkyl halides is 6. The Hall–Kier alpha value is -2.75. The Labute approximate surface area is 224 Å². The summed E-state index contributed by atoms with van der Waals surface area (Å²) in [5.41, 5.74) is -7.39. The van der Waals surface area contributed by atoms with Gasteiger partial charge in [-0.25, -0.2) is 12.8 Å². The minimum Gasteiger partial charge on any atom is -0.396 e. The minimum atomic E-state index is -6.16. The van der Waals surface area contributed by atoms with Crippen molar-refractivity contribution >= 4 is 21.5 Å². The Morgan fingerprint density at radius 2 is 1.62 bits per heavy atom. The molecule has 0 fully saturated rings. The molecule has 3 rings (SSSR count). The van der Waals surface area contributed by atoms with Crippen molar-refractivity contribution in [3.05, 3.63) is 59.4 Å². The number of aliphatic hydroxyl groups excluding tert-OH is 2. The number of benzene rings is 2.